The zero-order valence-electron chi connectivity index (χ0n) is 9.55. The third-order valence-corrected chi connectivity index (χ3v) is 2.81. The van der Waals surface area contributed by atoms with Crippen molar-refractivity contribution in [1.82, 2.24) is 9.97 Å². The molecule has 0 saturated carbocycles. The Morgan fingerprint density at radius 3 is 2.63 bits per heavy atom. The zero-order chi connectivity index (χ0) is 13.6. The van der Waals surface area contributed by atoms with Gasteiger partial charge >= 0.3 is 0 Å². The highest BCUT2D eigenvalue weighted by Gasteiger charge is 2.14. The van der Waals surface area contributed by atoms with Crippen LogP contribution in [0.2, 0.25) is 0 Å². The number of aromatic nitrogens is 2. The van der Waals surface area contributed by atoms with Gasteiger partial charge in [0.25, 0.3) is 0 Å². The maximum Gasteiger partial charge on any atom is 0.153 e. The van der Waals surface area contributed by atoms with Gasteiger partial charge in [-0.1, -0.05) is 6.07 Å². The van der Waals surface area contributed by atoms with E-state index in [0.717, 1.165) is 12.1 Å². The van der Waals surface area contributed by atoms with Gasteiger partial charge in [-0.25, -0.2) is 18.2 Å². The Kier molecular flexibility index (Phi) is 2.45. The fourth-order valence-corrected chi connectivity index (χ4v) is 1.91. The van der Waals surface area contributed by atoms with Crippen molar-refractivity contribution in [3.63, 3.8) is 0 Å². The molecule has 0 atom stereocenters. The summed E-state index contributed by atoms with van der Waals surface area (Å²) >= 11 is 0. The van der Waals surface area contributed by atoms with Crippen LogP contribution in [0.25, 0.3) is 22.4 Å². The number of nitrogens with two attached hydrogens (primary N) is 1. The second-order valence-electron chi connectivity index (χ2n) is 4.07. The van der Waals surface area contributed by atoms with Gasteiger partial charge in [0.15, 0.2) is 5.82 Å². The highest BCUT2D eigenvalue weighted by atomic mass is 19.1. The van der Waals surface area contributed by atoms with Gasteiger partial charge < -0.3 is 10.7 Å². The summed E-state index contributed by atoms with van der Waals surface area (Å²) in [6, 6.07) is 6.07. The van der Waals surface area contributed by atoms with E-state index in [0.29, 0.717) is 5.56 Å². The second kappa shape index (κ2) is 4.01. The first-order chi connectivity index (χ1) is 9.06. The topological polar surface area (TPSA) is 54.7 Å². The second-order valence-corrected chi connectivity index (χ2v) is 4.07. The fourth-order valence-electron chi connectivity index (χ4n) is 1.91. The van der Waals surface area contributed by atoms with Gasteiger partial charge in [-0.05, 0) is 18.2 Å². The van der Waals surface area contributed by atoms with E-state index in [4.69, 9.17) is 5.73 Å². The van der Waals surface area contributed by atoms with Crippen LogP contribution in [0.3, 0.4) is 0 Å². The van der Waals surface area contributed by atoms with Gasteiger partial charge in [0.2, 0.25) is 0 Å². The van der Waals surface area contributed by atoms with Crippen molar-refractivity contribution in [3.8, 4) is 11.4 Å². The smallest absolute Gasteiger partial charge is 0.153 e. The maximum absolute atomic E-state index is 13.5. The molecule has 1 heterocycles. The number of imidazole rings is 1. The van der Waals surface area contributed by atoms with E-state index in [1.54, 1.807) is 6.07 Å². The summed E-state index contributed by atoms with van der Waals surface area (Å²) in [6.45, 7) is 0. The van der Waals surface area contributed by atoms with E-state index in [1.807, 2.05) is 0 Å². The number of hydrogen-bond donors (Lipinski definition) is 2. The number of para-hydroxylation sites is 1. The molecule has 0 aliphatic heterocycles. The van der Waals surface area contributed by atoms with Crippen molar-refractivity contribution >= 4 is 16.7 Å². The predicted octanol–water partition coefficient (Wildman–Crippen LogP) is 3.23. The minimum absolute atomic E-state index is 0.0138. The average molecular weight is 263 g/mol. The molecule has 0 saturated heterocycles. The van der Waals surface area contributed by atoms with Crippen molar-refractivity contribution in [1.29, 1.82) is 0 Å². The standard InChI is InChI=1S/C13H8F3N3/c14-6-4-9(16)12-10(5-6)18-13(19-12)7-2-1-3-8(15)11(7)17/h1-5H,17H2,(H,18,19). The van der Waals surface area contributed by atoms with Crippen molar-refractivity contribution < 1.29 is 13.2 Å². The van der Waals surface area contributed by atoms with Crippen LogP contribution in [0, 0.1) is 17.5 Å². The van der Waals surface area contributed by atoms with Gasteiger partial charge in [-0.15, -0.1) is 0 Å². The maximum atomic E-state index is 13.5. The largest absolute Gasteiger partial charge is 0.396 e. The van der Waals surface area contributed by atoms with E-state index in [9.17, 15) is 13.2 Å². The molecule has 0 fully saturated rings. The number of nitrogen functional groups attached to an aromatic ring is 1. The SMILES string of the molecule is Nc1c(F)cccc1-c1nc2c(F)cc(F)cc2[nH]1. The van der Waals surface area contributed by atoms with E-state index in [1.165, 1.54) is 12.1 Å². The molecule has 0 unspecified atom stereocenters. The molecule has 0 spiro atoms. The van der Waals surface area contributed by atoms with E-state index in [-0.39, 0.29) is 22.5 Å². The zero-order valence-corrected chi connectivity index (χ0v) is 9.55. The summed E-state index contributed by atoms with van der Waals surface area (Å²) in [7, 11) is 0. The summed E-state index contributed by atoms with van der Waals surface area (Å²) in [5.41, 5.74) is 5.99. The summed E-state index contributed by atoms with van der Waals surface area (Å²) < 4.78 is 40.0. The summed E-state index contributed by atoms with van der Waals surface area (Å²) in [6.07, 6.45) is 0. The van der Waals surface area contributed by atoms with E-state index < -0.39 is 17.5 Å². The number of H-pyrrole nitrogens is 1. The lowest BCUT2D eigenvalue weighted by atomic mass is 10.1. The number of fused-ring (bicyclic) bond motifs is 1. The summed E-state index contributed by atoms with van der Waals surface area (Å²) in [5, 5.41) is 0. The highest BCUT2D eigenvalue weighted by molar-refractivity contribution is 5.83. The number of nitrogens with zero attached hydrogens (tertiary/aromatic N) is 1. The Bertz CT molecular complexity index is 780. The molecule has 3 nitrogen and oxygen atoms in total. The first-order valence-electron chi connectivity index (χ1n) is 5.45. The lowest BCUT2D eigenvalue weighted by Gasteiger charge is -2.02. The summed E-state index contributed by atoms with van der Waals surface area (Å²) in [5.74, 6) is -1.90. The number of hydrogen-bond acceptors (Lipinski definition) is 2. The van der Waals surface area contributed by atoms with Crippen LogP contribution >= 0.6 is 0 Å². The number of aromatic amines is 1. The number of rotatable bonds is 1. The normalized spacial score (nSPS) is 11.1. The third kappa shape index (κ3) is 1.81. The van der Waals surface area contributed by atoms with Crippen LogP contribution in [-0.4, -0.2) is 9.97 Å². The lowest BCUT2D eigenvalue weighted by Crippen LogP contribution is -1.94. The Labute approximate surface area is 105 Å². The third-order valence-electron chi connectivity index (χ3n) is 2.81. The predicted molar refractivity (Wildman–Crippen MR) is 65.8 cm³/mol. The minimum atomic E-state index is -0.785. The molecule has 0 bridgehead atoms. The van der Waals surface area contributed by atoms with E-state index >= 15 is 0 Å². The van der Waals surface area contributed by atoms with Gasteiger partial charge in [-0.3, -0.25) is 0 Å². The number of benzene rings is 2. The molecule has 0 radical (unpaired) electrons. The molecule has 6 heteroatoms. The number of halogens is 3. The molecule has 0 aliphatic rings. The lowest BCUT2D eigenvalue weighted by molar-refractivity contribution is 0.591. The molecule has 0 amide bonds. The number of nitrogens with one attached hydrogen (secondary N) is 1. The molecule has 0 aliphatic carbocycles. The molecule has 3 rings (SSSR count). The van der Waals surface area contributed by atoms with Gasteiger partial charge in [-0.2, -0.15) is 0 Å². The van der Waals surface area contributed by atoms with Gasteiger partial charge in [0.05, 0.1) is 11.2 Å². The first-order valence-corrected chi connectivity index (χ1v) is 5.45. The van der Waals surface area contributed by atoms with Crippen molar-refractivity contribution in [2.75, 3.05) is 5.73 Å². The average Bonchev–Trinajstić information content (AvgIpc) is 2.76. The van der Waals surface area contributed by atoms with Gasteiger partial charge in [0, 0.05) is 11.6 Å². The Morgan fingerprint density at radius 1 is 1.05 bits per heavy atom. The summed E-state index contributed by atoms with van der Waals surface area (Å²) in [4.78, 5) is 6.71. The number of anilines is 1. The molecule has 3 N–H and O–H groups in total. The molecule has 3 aromatic rings. The van der Waals surface area contributed by atoms with Crippen LogP contribution in [-0.2, 0) is 0 Å². The minimum Gasteiger partial charge on any atom is -0.396 e. The van der Waals surface area contributed by atoms with Crippen LogP contribution < -0.4 is 5.73 Å². The quantitative estimate of drug-likeness (QED) is 0.662. The fraction of sp³-hybridized carbons (Fsp3) is 0. The van der Waals surface area contributed by atoms with Gasteiger partial charge in [0.1, 0.15) is 23.0 Å². The van der Waals surface area contributed by atoms with Crippen molar-refractivity contribution in [2.24, 2.45) is 0 Å². The Morgan fingerprint density at radius 2 is 1.84 bits per heavy atom. The van der Waals surface area contributed by atoms with Crippen molar-refractivity contribution in [2.45, 2.75) is 0 Å². The van der Waals surface area contributed by atoms with Crippen LogP contribution in [0.1, 0.15) is 0 Å². The molecular formula is C13H8F3N3. The Hall–Kier alpha value is -2.50. The first kappa shape index (κ1) is 11.6. The Balaban J connectivity index is 2.26. The monoisotopic (exact) mass is 263 g/mol. The van der Waals surface area contributed by atoms with Crippen LogP contribution in [0.5, 0.6) is 0 Å². The molecule has 19 heavy (non-hydrogen) atoms. The molecule has 1 aromatic heterocycles. The van der Waals surface area contributed by atoms with E-state index in [2.05, 4.69) is 9.97 Å². The van der Waals surface area contributed by atoms with Crippen LogP contribution in [0.4, 0.5) is 18.9 Å². The molecule has 2 aromatic carbocycles. The molecule has 96 valence electrons. The van der Waals surface area contributed by atoms with Crippen molar-refractivity contribution in [3.05, 3.63) is 47.8 Å². The molecular weight excluding hydrogens is 255 g/mol. The van der Waals surface area contributed by atoms with Crippen LogP contribution in [0.15, 0.2) is 30.3 Å². The highest BCUT2D eigenvalue weighted by Crippen LogP contribution is 2.28.